The van der Waals surface area contributed by atoms with Gasteiger partial charge in [0.2, 0.25) is 10.0 Å². The minimum absolute atomic E-state index is 0.216. The molecule has 0 radical (unpaired) electrons. The van der Waals surface area contributed by atoms with Gasteiger partial charge in [0.05, 0.1) is 11.4 Å². The summed E-state index contributed by atoms with van der Waals surface area (Å²) in [5.74, 6) is 6.02. The van der Waals surface area contributed by atoms with Crippen LogP contribution in [0.1, 0.15) is 24.5 Å². The van der Waals surface area contributed by atoms with Gasteiger partial charge < -0.3 is 5.73 Å². The lowest BCUT2D eigenvalue weighted by Crippen LogP contribution is -2.29. The Kier molecular flexibility index (Phi) is 4.48. The van der Waals surface area contributed by atoms with E-state index in [1.165, 1.54) is 0 Å². The van der Waals surface area contributed by atoms with Crippen LogP contribution >= 0.6 is 0 Å². The van der Waals surface area contributed by atoms with Crippen molar-refractivity contribution < 1.29 is 8.42 Å². The molecule has 0 aliphatic carbocycles. The third kappa shape index (κ3) is 3.04. The lowest BCUT2D eigenvalue weighted by atomic mass is 10.1. The third-order valence-electron chi connectivity index (χ3n) is 3.46. The molecule has 20 heavy (non-hydrogen) atoms. The van der Waals surface area contributed by atoms with Gasteiger partial charge in [-0.2, -0.15) is 4.31 Å². The van der Waals surface area contributed by atoms with Crippen LogP contribution in [0.25, 0.3) is 0 Å². The van der Waals surface area contributed by atoms with Crippen LogP contribution in [0.4, 0.5) is 0 Å². The molecule has 1 fully saturated rings. The number of rotatable bonds is 2. The number of hydrogen-bond donors (Lipinski definition) is 1. The standard InChI is InChI=1S/C15H20N2O2S/c1-12-5-6-15(14(10-12)4-3-8-16)20(18,19)17-9-7-13(2)11-17/h5-6,10,13H,7-9,11,16H2,1-2H3. The molecule has 2 rings (SSSR count). The number of sulfonamides is 1. The Morgan fingerprint density at radius 1 is 1.45 bits per heavy atom. The first kappa shape index (κ1) is 15.0. The van der Waals surface area contributed by atoms with Crippen molar-refractivity contribution in [1.82, 2.24) is 4.31 Å². The molecule has 2 N–H and O–H groups in total. The van der Waals surface area contributed by atoms with E-state index in [1.807, 2.05) is 6.92 Å². The van der Waals surface area contributed by atoms with Crippen LogP contribution in [0, 0.1) is 24.7 Å². The Bertz CT molecular complexity index is 656. The number of nitrogens with two attached hydrogens (primary N) is 1. The highest BCUT2D eigenvalue weighted by atomic mass is 32.2. The van der Waals surface area contributed by atoms with Crippen LogP contribution in [-0.2, 0) is 10.0 Å². The van der Waals surface area contributed by atoms with Gasteiger partial charge in [-0.25, -0.2) is 8.42 Å². The maximum atomic E-state index is 12.7. The van der Waals surface area contributed by atoms with Crippen LogP contribution in [-0.4, -0.2) is 32.4 Å². The normalized spacial score (nSPS) is 19.6. The van der Waals surface area contributed by atoms with Gasteiger partial charge in [-0.05, 0) is 37.0 Å². The molecule has 0 saturated carbocycles. The highest BCUT2D eigenvalue weighted by molar-refractivity contribution is 7.89. The molecular weight excluding hydrogens is 272 g/mol. The fourth-order valence-electron chi connectivity index (χ4n) is 2.36. The molecule has 1 unspecified atom stereocenters. The van der Waals surface area contributed by atoms with Crippen molar-refractivity contribution in [3.63, 3.8) is 0 Å². The minimum atomic E-state index is -3.46. The van der Waals surface area contributed by atoms with E-state index >= 15 is 0 Å². The molecule has 1 saturated heterocycles. The SMILES string of the molecule is Cc1ccc(S(=O)(=O)N2CCC(C)C2)c(C#CCN)c1. The summed E-state index contributed by atoms with van der Waals surface area (Å²) in [6.07, 6.45) is 0.912. The van der Waals surface area contributed by atoms with Gasteiger partial charge in [-0.3, -0.25) is 0 Å². The molecule has 4 nitrogen and oxygen atoms in total. The first-order chi connectivity index (χ1) is 9.45. The van der Waals surface area contributed by atoms with Gasteiger partial charge in [0.15, 0.2) is 0 Å². The van der Waals surface area contributed by atoms with E-state index in [-0.39, 0.29) is 11.4 Å². The summed E-state index contributed by atoms with van der Waals surface area (Å²) in [7, 11) is -3.46. The second kappa shape index (κ2) is 5.96. The van der Waals surface area contributed by atoms with Crippen molar-refractivity contribution in [2.24, 2.45) is 11.7 Å². The van der Waals surface area contributed by atoms with Crippen molar-refractivity contribution in [3.05, 3.63) is 29.3 Å². The van der Waals surface area contributed by atoms with Crippen molar-refractivity contribution >= 4 is 10.0 Å². The summed E-state index contributed by atoms with van der Waals surface area (Å²) in [6, 6.07) is 5.25. The molecule has 1 aromatic rings. The van der Waals surface area contributed by atoms with Crippen LogP contribution in [0.3, 0.4) is 0 Å². The Morgan fingerprint density at radius 3 is 2.80 bits per heavy atom. The Labute approximate surface area is 121 Å². The summed E-state index contributed by atoms with van der Waals surface area (Å²) in [5, 5.41) is 0. The highest BCUT2D eigenvalue weighted by Crippen LogP contribution is 2.26. The number of aryl methyl sites for hydroxylation is 1. The van der Waals surface area contributed by atoms with E-state index in [2.05, 4.69) is 18.8 Å². The molecule has 0 spiro atoms. The third-order valence-corrected chi connectivity index (χ3v) is 5.39. The zero-order valence-corrected chi connectivity index (χ0v) is 12.7. The van der Waals surface area contributed by atoms with Gasteiger partial charge in [0.25, 0.3) is 0 Å². The summed E-state index contributed by atoms with van der Waals surface area (Å²) < 4.78 is 27.0. The predicted octanol–water partition coefficient (Wildman–Crippen LogP) is 1.34. The molecule has 1 aliphatic heterocycles. The molecular formula is C15H20N2O2S. The summed E-state index contributed by atoms with van der Waals surface area (Å²) in [4.78, 5) is 0.290. The molecule has 0 bridgehead atoms. The van der Waals surface area contributed by atoms with Crippen molar-refractivity contribution in [1.29, 1.82) is 0 Å². The molecule has 1 heterocycles. The first-order valence-electron chi connectivity index (χ1n) is 6.75. The van der Waals surface area contributed by atoms with Gasteiger partial charge in [0.1, 0.15) is 0 Å². The molecule has 1 aliphatic rings. The molecule has 1 atom stereocenters. The smallest absolute Gasteiger partial charge is 0.244 e. The van der Waals surface area contributed by atoms with E-state index in [1.54, 1.807) is 22.5 Å². The second-order valence-corrected chi connectivity index (χ2v) is 7.17. The van der Waals surface area contributed by atoms with E-state index in [9.17, 15) is 8.42 Å². The Balaban J connectivity index is 2.46. The summed E-state index contributed by atoms with van der Waals surface area (Å²) in [6.45, 7) is 5.37. The zero-order chi connectivity index (χ0) is 14.8. The van der Waals surface area contributed by atoms with E-state index in [4.69, 9.17) is 5.73 Å². The maximum Gasteiger partial charge on any atom is 0.244 e. The maximum absolute atomic E-state index is 12.7. The van der Waals surface area contributed by atoms with Gasteiger partial charge in [0, 0.05) is 18.7 Å². The fourth-order valence-corrected chi connectivity index (χ4v) is 4.07. The van der Waals surface area contributed by atoms with Gasteiger partial charge in [-0.15, -0.1) is 0 Å². The van der Waals surface area contributed by atoms with E-state index in [0.29, 0.717) is 24.6 Å². The average molecular weight is 292 g/mol. The summed E-state index contributed by atoms with van der Waals surface area (Å²) in [5.41, 5.74) is 6.90. The summed E-state index contributed by atoms with van der Waals surface area (Å²) >= 11 is 0. The van der Waals surface area contributed by atoms with E-state index < -0.39 is 10.0 Å². The Hall–Kier alpha value is -1.35. The molecule has 1 aromatic carbocycles. The van der Waals surface area contributed by atoms with Crippen LogP contribution < -0.4 is 5.73 Å². The number of nitrogens with zero attached hydrogens (tertiary/aromatic N) is 1. The van der Waals surface area contributed by atoms with E-state index in [0.717, 1.165) is 12.0 Å². The van der Waals surface area contributed by atoms with Crippen LogP contribution in [0.2, 0.25) is 0 Å². The minimum Gasteiger partial charge on any atom is -0.320 e. The highest BCUT2D eigenvalue weighted by Gasteiger charge is 2.31. The van der Waals surface area contributed by atoms with Crippen molar-refractivity contribution in [2.75, 3.05) is 19.6 Å². The predicted molar refractivity (Wildman–Crippen MR) is 79.7 cm³/mol. The van der Waals surface area contributed by atoms with Gasteiger partial charge in [-0.1, -0.05) is 24.8 Å². The van der Waals surface area contributed by atoms with Gasteiger partial charge >= 0.3 is 0 Å². The fraction of sp³-hybridized carbons (Fsp3) is 0.467. The average Bonchev–Trinajstić information content (AvgIpc) is 2.83. The number of hydrogen-bond acceptors (Lipinski definition) is 3. The molecule has 108 valence electrons. The monoisotopic (exact) mass is 292 g/mol. The zero-order valence-electron chi connectivity index (χ0n) is 11.9. The van der Waals surface area contributed by atoms with Crippen molar-refractivity contribution in [2.45, 2.75) is 25.2 Å². The topological polar surface area (TPSA) is 63.4 Å². The van der Waals surface area contributed by atoms with Crippen LogP contribution in [0.5, 0.6) is 0 Å². The largest absolute Gasteiger partial charge is 0.320 e. The lowest BCUT2D eigenvalue weighted by Gasteiger charge is -2.17. The van der Waals surface area contributed by atoms with Crippen molar-refractivity contribution in [3.8, 4) is 11.8 Å². The molecule has 0 aromatic heterocycles. The number of benzene rings is 1. The Morgan fingerprint density at radius 2 is 2.20 bits per heavy atom. The van der Waals surface area contributed by atoms with Crippen LogP contribution in [0.15, 0.2) is 23.1 Å². The second-order valence-electron chi connectivity index (χ2n) is 5.26. The first-order valence-corrected chi connectivity index (χ1v) is 8.19. The molecule has 0 amide bonds. The quantitative estimate of drug-likeness (QED) is 0.837. The lowest BCUT2D eigenvalue weighted by molar-refractivity contribution is 0.464. The molecule has 5 heteroatoms.